The lowest BCUT2D eigenvalue weighted by molar-refractivity contribution is 0.174. The van der Waals surface area contributed by atoms with Crippen LogP contribution < -0.4 is 9.47 Å². The summed E-state index contributed by atoms with van der Waals surface area (Å²) in [7, 11) is 0. The highest BCUT2D eigenvalue weighted by atomic mass is 16.7. The molecule has 2 nitrogen and oxygen atoms in total. The first-order chi connectivity index (χ1) is 7.83. The SMILES string of the molecule is Cc1cccc(-c2ccc3c(c2)OCO3)c1. The highest BCUT2D eigenvalue weighted by Crippen LogP contribution is 2.35. The summed E-state index contributed by atoms with van der Waals surface area (Å²) in [6, 6.07) is 14.5. The van der Waals surface area contributed by atoms with Crippen LogP contribution >= 0.6 is 0 Å². The van der Waals surface area contributed by atoms with Gasteiger partial charge in [0.1, 0.15) is 0 Å². The molecule has 0 aromatic heterocycles. The topological polar surface area (TPSA) is 18.5 Å². The molecule has 3 rings (SSSR count). The zero-order valence-corrected chi connectivity index (χ0v) is 9.07. The number of ether oxygens (including phenoxy) is 2. The fourth-order valence-electron chi connectivity index (χ4n) is 1.90. The first-order valence-electron chi connectivity index (χ1n) is 5.29. The molecule has 0 fully saturated rings. The van der Waals surface area contributed by atoms with E-state index in [1.807, 2.05) is 12.1 Å². The molecule has 0 unspecified atom stereocenters. The van der Waals surface area contributed by atoms with Gasteiger partial charge in [0, 0.05) is 0 Å². The van der Waals surface area contributed by atoms with E-state index in [1.165, 1.54) is 11.1 Å². The molecule has 2 heteroatoms. The predicted molar refractivity (Wildman–Crippen MR) is 62.7 cm³/mol. The van der Waals surface area contributed by atoms with Crippen molar-refractivity contribution >= 4 is 0 Å². The number of benzene rings is 2. The normalized spacial score (nSPS) is 12.8. The van der Waals surface area contributed by atoms with Crippen molar-refractivity contribution in [2.45, 2.75) is 6.92 Å². The van der Waals surface area contributed by atoms with Gasteiger partial charge < -0.3 is 9.47 Å². The standard InChI is InChI=1S/C14H12O2/c1-10-3-2-4-11(7-10)12-5-6-13-14(8-12)16-9-15-13/h2-8H,9H2,1H3. The van der Waals surface area contributed by atoms with Gasteiger partial charge in [0.05, 0.1) is 0 Å². The van der Waals surface area contributed by atoms with Gasteiger partial charge in [-0.1, -0.05) is 35.9 Å². The minimum atomic E-state index is 0.326. The van der Waals surface area contributed by atoms with Crippen molar-refractivity contribution in [2.24, 2.45) is 0 Å². The lowest BCUT2D eigenvalue weighted by Gasteiger charge is -2.04. The summed E-state index contributed by atoms with van der Waals surface area (Å²) in [5.41, 5.74) is 3.63. The van der Waals surface area contributed by atoms with Crippen LogP contribution in [-0.4, -0.2) is 6.79 Å². The van der Waals surface area contributed by atoms with Crippen LogP contribution in [0.15, 0.2) is 42.5 Å². The maximum absolute atomic E-state index is 5.37. The molecule has 0 saturated heterocycles. The van der Waals surface area contributed by atoms with Crippen LogP contribution in [0.1, 0.15) is 5.56 Å². The molecule has 0 aliphatic carbocycles. The van der Waals surface area contributed by atoms with Crippen LogP contribution in [-0.2, 0) is 0 Å². The maximum Gasteiger partial charge on any atom is 0.231 e. The van der Waals surface area contributed by atoms with Crippen LogP contribution in [0.5, 0.6) is 11.5 Å². The third-order valence-corrected chi connectivity index (χ3v) is 2.72. The van der Waals surface area contributed by atoms with Crippen LogP contribution in [0.25, 0.3) is 11.1 Å². The maximum atomic E-state index is 5.37. The Balaban J connectivity index is 2.07. The van der Waals surface area contributed by atoms with E-state index < -0.39 is 0 Å². The molecular weight excluding hydrogens is 200 g/mol. The minimum Gasteiger partial charge on any atom is -0.454 e. The summed E-state index contributed by atoms with van der Waals surface area (Å²) in [6.45, 7) is 2.42. The van der Waals surface area contributed by atoms with E-state index in [-0.39, 0.29) is 0 Å². The van der Waals surface area contributed by atoms with Gasteiger partial charge in [0.25, 0.3) is 0 Å². The van der Waals surface area contributed by atoms with Crippen LogP contribution in [0.2, 0.25) is 0 Å². The van der Waals surface area contributed by atoms with Crippen molar-refractivity contribution < 1.29 is 9.47 Å². The van der Waals surface area contributed by atoms with Gasteiger partial charge in [-0.3, -0.25) is 0 Å². The zero-order valence-electron chi connectivity index (χ0n) is 9.07. The summed E-state index contributed by atoms with van der Waals surface area (Å²) in [6.07, 6.45) is 0. The van der Waals surface area contributed by atoms with Crippen LogP contribution in [0.3, 0.4) is 0 Å². The Bertz CT molecular complexity index is 532. The molecule has 2 aromatic rings. The van der Waals surface area contributed by atoms with Crippen molar-refractivity contribution in [3.63, 3.8) is 0 Å². The summed E-state index contributed by atoms with van der Waals surface area (Å²) in [5.74, 6) is 1.66. The Labute approximate surface area is 94.4 Å². The van der Waals surface area contributed by atoms with Gasteiger partial charge in [-0.2, -0.15) is 0 Å². The van der Waals surface area contributed by atoms with E-state index in [0.29, 0.717) is 6.79 Å². The molecule has 16 heavy (non-hydrogen) atoms. The Morgan fingerprint density at radius 3 is 2.56 bits per heavy atom. The fraction of sp³-hybridized carbons (Fsp3) is 0.143. The summed E-state index contributed by atoms with van der Waals surface area (Å²) < 4.78 is 10.7. The monoisotopic (exact) mass is 212 g/mol. The molecule has 1 heterocycles. The second-order valence-electron chi connectivity index (χ2n) is 3.94. The lowest BCUT2D eigenvalue weighted by atomic mass is 10.0. The first kappa shape index (κ1) is 9.28. The van der Waals surface area contributed by atoms with Gasteiger partial charge in [-0.25, -0.2) is 0 Å². The smallest absolute Gasteiger partial charge is 0.231 e. The number of aryl methyl sites for hydroxylation is 1. The fourth-order valence-corrected chi connectivity index (χ4v) is 1.90. The summed E-state index contributed by atoms with van der Waals surface area (Å²) in [4.78, 5) is 0. The minimum absolute atomic E-state index is 0.326. The molecule has 0 bridgehead atoms. The van der Waals surface area contributed by atoms with Gasteiger partial charge in [-0.15, -0.1) is 0 Å². The molecule has 0 amide bonds. The molecule has 0 saturated carbocycles. The molecule has 0 spiro atoms. The average Bonchev–Trinajstić information content (AvgIpc) is 2.75. The van der Waals surface area contributed by atoms with E-state index in [9.17, 15) is 0 Å². The van der Waals surface area contributed by atoms with E-state index in [0.717, 1.165) is 17.1 Å². The molecule has 0 radical (unpaired) electrons. The second kappa shape index (κ2) is 3.56. The molecular formula is C14H12O2. The highest BCUT2D eigenvalue weighted by molar-refractivity contribution is 5.68. The van der Waals surface area contributed by atoms with E-state index in [2.05, 4.69) is 37.3 Å². The van der Waals surface area contributed by atoms with E-state index in [4.69, 9.17) is 9.47 Å². The quantitative estimate of drug-likeness (QED) is 0.721. The largest absolute Gasteiger partial charge is 0.454 e. The molecule has 1 aliphatic rings. The molecule has 0 atom stereocenters. The number of rotatable bonds is 1. The van der Waals surface area contributed by atoms with Crippen molar-refractivity contribution in [3.05, 3.63) is 48.0 Å². The van der Waals surface area contributed by atoms with Crippen LogP contribution in [0.4, 0.5) is 0 Å². The lowest BCUT2D eigenvalue weighted by Crippen LogP contribution is -1.92. The van der Waals surface area contributed by atoms with Gasteiger partial charge in [0.2, 0.25) is 6.79 Å². The molecule has 2 aromatic carbocycles. The number of fused-ring (bicyclic) bond motifs is 1. The van der Waals surface area contributed by atoms with E-state index in [1.54, 1.807) is 0 Å². The summed E-state index contributed by atoms with van der Waals surface area (Å²) >= 11 is 0. The van der Waals surface area contributed by atoms with Gasteiger partial charge in [-0.05, 0) is 30.2 Å². The molecule has 80 valence electrons. The van der Waals surface area contributed by atoms with E-state index >= 15 is 0 Å². The predicted octanol–water partition coefficient (Wildman–Crippen LogP) is 3.39. The number of hydrogen-bond donors (Lipinski definition) is 0. The first-order valence-corrected chi connectivity index (χ1v) is 5.29. The molecule has 0 N–H and O–H groups in total. The third-order valence-electron chi connectivity index (χ3n) is 2.72. The van der Waals surface area contributed by atoms with Crippen molar-refractivity contribution in [1.82, 2.24) is 0 Å². The van der Waals surface area contributed by atoms with Crippen molar-refractivity contribution in [2.75, 3.05) is 6.79 Å². The Hall–Kier alpha value is -1.96. The Morgan fingerprint density at radius 1 is 0.875 bits per heavy atom. The van der Waals surface area contributed by atoms with Gasteiger partial charge in [0.15, 0.2) is 11.5 Å². The van der Waals surface area contributed by atoms with Crippen LogP contribution in [0, 0.1) is 6.92 Å². The highest BCUT2D eigenvalue weighted by Gasteiger charge is 2.13. The molecule has 1 aliphatic heterocycles. The van der Waals surface area contributed by atoms with Crippen molar-refractivity contribution in [3.8, 4) is 22.6 Å². The Morgan fingerprint density at radius 2 is 1.69 bits per heavy atom. The van der Waals surface area contributed by atoms with Crippen molar-refractivity contribution in [1.29, 1.82) is 0 Å². The Kier molecular flexibility index (Phi) is 2.07. The summed E-state index contributed by atoms with van der Waals surface area (Å²) in [5, 5.41) is 0. The van der Waals surface area contributed by atoms with Gasteiger partial charge >= 0.3 is 0 Å². The second-order valence-corrected chi connectivity index (χ2v) is 3.94. The average molecular weight is 212 g/mol. The third kappa shape index (κ3) is 1.52. The zero-order chi connectivity index (χ0) is 11.0. The number of hydrogen-bond acceptors (Lipinski definition) is 2.